The molecule has 0 saturated heterocycles. The van der Waals surface area contributed by atoms with E-state index in [-0.39, 0.29) is 5.69 Å². The quantitative estimate of drug-likeness (QED) is 0.328. The molecule has 2 aromatic heterocycles. The summed E-state index contributed by atoms with van der Waals surface area (Å²) in [4.78, 5) is 14.0. The lowest BCUT2D eigenvalue weighted by atomic mass is 10.0. The van der Waals surface area contributed by atoms with Crippen LogP contribution in [0.15, 0.2) is 108 Å². The molecule has 0 aliphatic rings. The van der Waals surface area contributed by atoms with Crippen LogP contribution in [0.25, 0.3) is 38.4 Å². The number of para-hydroxylation sites is 1. The van der Waals surface area contributed by atoms with E-state index in [0.29, 0.717) is 6.54 Å². The number of benzene rings is 4. The highest BCUT2D eigenvalue weighted by Gasteiger charge is 2.20. The van der Waals surface area contributed by atoms with Crippen molar-refractivity contribution < 1.29 is 0 Å². The predicted octanol–water partition coefficient (Wildman–Crippen LogP) is 6.43. The number of rotatable bonds is 3. The van der Waals surface area contributed by atoms with Crippen molar-refractivity contribution in [1.29, 1.82) is 0 Å². The molecule has 0 bridgehead atoms. The van der Waals surface area contributed by atoms with Gasteiger partial charge in [0.2, 0.25) is 0 Å². The van der Waals surface area contributed by atoms with Crippen molar-refractivity contribution in [3.8, 4) is 11.1 Å². The summed E-state index contributed by atoms with van der Waals surface area (Å²) in [6.45, 7) is 2.63. The Kier molecular flexibility index (Phi) is 4.22. The third kappa shape index (κ3) is 2.78. The van der Waals surface area contributed by atoms with Crippen molar-refractivity contribution in [1.82, 2.24) is 8.97 Å². The molecule has 154 valence electrons. The summed E-state index contributed by atoms with van der Waals surface area (Å²) in [5.74, 6) is 0. The van der Waals surface area contributed by atoms with Gasteiger partial charge < -0.3 is 0 Å². The molecule has 32 heavy (non-hydrogen) atoms. The molecule has 6 aromatic rings. The van der Waals surface area contributed by atoms with E-state index in [2.05, 4.69) is 67.6 Å². The third-order valence-electron chi connectivity index (χ3n) is 6.24. The van der Waals surface area contributed by atoms with Crippen LogP contribution >= 0.6 is 0 Å². The molecule has 0 fully saturated rings. The zero-order valence-corrected chi connectivity index (χ0v) is 17.8. The predicted molar refractivity (Wildman–Crippen MR) is 132 cm³/mol. The van der Waals surface area contributed by atoms with Gasteiger partial charge in [-0.15, -0.1) is 0 Å². The molecule has 0 unspecified atom stereocenters. The van der Waals surface area contributed by atoms with Crippen LogP contribution < -0.4 is 5.69 Å². The van der Waals surface area contributed by atoms with Gasteiger partial charge in [-0.1, -0.05) is 90.5 Å². The summed E-state index contributed by atoms with van der Waals surface area (Å²) in [5.41, 5.74) is 7.37. The molecule has 3 heteroatoms. The van der Waals surface area contributed by atoms with Gasteiger partial charge in [-0.05, 0) is 36.2 Å². The summed E-state index contributed by atoms with van der Waals surface area (Å²) in [6.07, 6.45) is 0. The lowest BCUT2D eigenvalue weighted by Crippen LogP contribution is -2.27. The lowest BCUT2D eigenvalue weighted by Gasteiger charge is -2.14. The molecule has 0 spiro atoms. The molecule has 0 radical (unpaired) electrons. The summed E-state index contributed by atoms with van der Waals surface area (Å²) < 4.78 is 3.81. The lowest BCUT2D eigenvalue weighted by molar-refractivity contribution is 0.753. The van der Waals surface area contributed by atoms with Gasteiger partial charge in [-0.2, -0.15) is 0 Å². The molecule has 0 saturated carbocycles. The largest absolute Gasteiger partial charge is 0.333 e. The number of aryl methyl sites for hydroxylation is 1. The van der Waals surface area contributed by atoms with Gasteiger partial charge in [-0.3, -0.25) is 8.97 Å². The Bertz CT molecular complexity index is 1660. The Morgan fingerprint density at radius 2 is 1.38 bits per heavy atom. The number of hydrogen-bond acceptors (Lipinski definition) is 1. The Labute approximate surface area is 185 Å². The smallest absolute Gasteiger partial charge is 0.289 e. The Morgan fingerprint density at radius 3 is 2.16 bits per heavy atom. The second-order valence-corrected chi connectivity index (χ2v) is 8.32. The molecule has 2 heterocycles. The van der Waals surface area contributed by atoms with E-state index in [1.54, 1.807) is 0 Å². The van der Waals surface area contributed by atoms with Gasteiger partial charge in [-0.25, -0.2) is 4.79 Å². The standard InChI is InChI=1S/C29H22N2O/c1-20-16-17-25-24(18-20)28-27(22-12-6-3-7-13-22)23-14-8-9-15-26(23)31(28)29(32)30(25)19-21-10-4-2-5-11-21/h2-18H,19H2,1H3. The molecule has 0 atom stereocenters. The highest BCUT2D eigenvalue weighted by atomic mass is 16.1. The van der Waals surface area contributed by atoms with Crippen LogP contribution in [-0.4, -0.2) is 8.97 Å². The van der Waals surface area contributed by atoms with E-state index in [0.717, 1.165) is 44.0 Å². The molecule has 0 amide bonds. The van der Waals surface area contributed by atoms with Crippen LogP contribution in [0.4, 0.5) is 0 Å². The zero-order valence-electron chi connectivity index (χ0n) is 17.8. The monoisotopic (exact) mass is 414 g/mol. The number of aromatic nitrogens is 2. The highest BCUT2D eigenvalue weighted by molar-refractivity contribution is 6.13. The van der Waals surface area contributed by atoms with Gasteiger partial charge in [0.1, 0.15) is 0 Å². The summed E-state index contributed by atoms with van der Waals surface area (Å²) >= 11 is 0. The zero-order chi connectivity index (χ0) is 21.7. The molecule has 6 rings (SSSR count). The normalized spacial score (nSPS) is 11.5. The van der Waals surface area contributed by atoms with E-state index < -0.39 is 0 Å². The number of nitrogens with zero attached hydrogens (tertiary/aromatic N) is 2. The highest BCUT2D eigenvalue weighted by Crippen LogP contribution is 2.38. The summed E-state index contributed by atoms with van der Waals surface area (Å²) in [5, 5.41) is 2.19. The fourth-order valence-electron chi connectivity index (χ4n) is 4.81. The fourth-order valence-corrected chi connectivity index (χ4v) is 4.81. The summed E-state index contributed by atoms with van der Waals surface area (Å²) in [6, 6.07) is 35.2. The first kappa shape index (κ1) is 18.6. The van der Waals surface area contributed by atoms with Crippen molar-refractivity contribution in [2.45, 2.75) is 13.5 Å². The molecule has 0 aliphatic heterocycles. The van der Waals surface area contributed by atoms with Crippen LogP contribution in [-0.2, 0) is 6.54 Å². The van der Waals surface area contributed by atoms with Crippen molar-refractivity contribution in [3.63, 3.8) is 0 Å². The minimum absolute atomic E-state index is 0.0152. The summed E-state index contributed by atoms with van der Waals surface area (Å²) in [7, 11) is 0. The third-order valence-corrected chi connectivity index (χ3v) is 6.24. The van der Waals surface area contributed by atoms with Gasteiger partial charge in [0.05, 0.1) is 23.1 Å². The Morgan fingerprint density at radius 1 is 0.688 bits per heavy atom. The second-order valence-electron chi connectivity index (χ2n) is 8.32. The number of hydrogen-bond donors (Lipinski definition) is 0. The van der Waals surface area contributed by atoms with E-state index in [4.69, 9.17) is 0 Å². The van der Waals surface area contributed by atoms with E-state index in [9.17, 15) is 4.79 Å². The van der Waals surface area contributed by atoms with Crippen LogP contribution in [0.2, 0.25) is 0 Å². The molecular formula is C29H22N2O. The first-order valence-corrected chi connectivity index (χ1v) is 10.9. The SMILES string of the molecule is Cc1ccc2c(c1)c1c(-c3ccccc3)c3ccccc3n1c(=O)n2Cc1ccccc1. The van der Waals surface area contributed by atoms with Crippen LogP contribution in [0, 0.1) is 6.92 Å². The molecule has 3 nitrogen and oxygen atoms in total. The minimum Gasteiger partial charge on any atom is -0.289 e. The molecular weight excluding hydrogens is 392 g/mol. The second kappa shape index (κ2) is 7.24. The first-order valence-electron chi connectivity index (χ1n) is 10.9. The molecule has 4 aromatic carbocycles. The molecule has 0 N–H and O–H groups in total. The fraction of sp³-hybridized carbons (Fsp3) is 0.0690. The van der Waals surface area contributed by atoms with E-state index in [1.807, 2.05) is 51.4 Å². The van der Waals surface area contributed by atoms with Gasteiger partial charge in [0.25, 0.3) is 0 Å². The van der Waals surface area contributed by atoms with Crippen LogP contribution in [0.5, 0.6) is 0 Å². The maximum atomic E-state index is 14.0. The average molecular weight is 415 g/mol. The van der Waals surface area contributed by atoms with Crippen LogP contribution in [0.3, 0.4) is 0 Å². The van der Waals surface area contributed by atoms with Crippen molar-refractivity contribution in [3.05, 3.63) is 125 Å². The van der Waals surface area contributed by atoms with Crippen molar-refractivity contribution >= 4 is 27.3 Å². The minimum atomic E-state index is -0.0152. The topological polar surface area (TPSA) is 26.4 Å². The number of fused-ring (bicyclic) bond motifs is 5. The van der Waals surface area contributed by atoms with Crippen LogP contribution in [0.1, 0.15) is 11.1 Å². The maximum Gasteiger partial charge on any atom is 0.333 e. The van der Waals surface area contributed by atoms with Gasteiger partial charge in [0.15, 0.2) is 0 Å². The molecule has 0 aliphatic carbocycles. The van der Waals surface area contributed by atoms with E-state index >= 15 is 0 Å². The average Bonchev–Trinajstić information content (AvgIpc) is 3.19. The first-order chi connectivity index (χ1) is 15.7. The van der Waals surface area contributed by atoms with Gasteiger partial charge >= 0.3 is 5.69 Å². The Hall–Kier alpha value is -4.11. The maximum absolute atomic E-state index is 14.0. The van der Waals surface area contributed by atoms with Crippen molar-refractivity contribution in [2.75, 3.05) is 0 Å². The Balaban J connectivity index is 1.83. The van der Waals surface area contributed by atoms with E-state index in [1.165, 1.54) is 5.56 Å². The van der Waals surface area contributed by atoms with Gasteiger partial charge in [0, 0.05) is 16.3 Å². The van der Waals surface area contributed by atoms with Crippen molar-refractivity contribution in [2.24, 2.45) is 0 Å².